The number of amides is 2. The van der Waals surface area contributed by atoms with Gasteiger partial charge in [-0.25, -0.2) is 18.6 Å². The van der Waals surface area contributed by atoms with Crippen molar-refractivity contribution in [2.24, 2.45) is 0 Å². The number of fused-ring (bicyclic) bond motifs is 1. The Balaban J connectivity index is 1.51. The van der Waals surface area contributed by atoms with Gasteiger partial charge in [-0.3, -0.25) is 9.20 Å². The summed E-state index contributed by atoms with van der Waals surface area (Å²) in [7, 11) is 0. The molecule has 0 bridgehead atoms. The topological polar surface area (TPSA) is 94.0 Å². The Hall–Kier alpha value is -4.47. The highest BCUT2D eigenvalue weighted by Crippen LogP contribution is 2.26. The molecule has 42 heavy (non-hydrogen) atoms. The number of hydrogen-bond acceptors (Lipinski definition) is 5. The molecule has 0 aliphatic rings. The van der Waals surface area contributed by atoms with Crippen molar-refractivity contribution in [3.8, 4) is 5.75 Å². The van der Waals surface area contributed by atoms with E-state index in [0.29, 0.717) is 35.6 Å². The van der Waals surface area contributed by atoms with Crippen LogP contribution >= 0.6 is 0 Å². The Morgan fingerprint density at radius 1 is 1.02 bits per heavy atom. The number of benzene rings is 2. The van der Waals surface area contributed by atoms with Gasteiger partial charge in [0.05, 0.1) is 16.8 Å². The van der Waals surface area contributed by atoms with Gasteiger partial charge in [-0.15, -0.1) is 0 Å². The third-order valence-corrected chi connectivity index (χ3v) is 6.94. The van der Waals surface area contributed by atoms with Crippen molar-refractivity contribution in [3.05, 3.63) is 101 Å². The largest absolute Gasteiger partial charge is 0.485 e. The van der Waals surface area contributed by atoms with Crippen molar-refractivity contribution in [2.45, 2.75) is 65.7 Å². The first-order valence-electron chi connectivity index (χ1n) is 14.0. The Morgan fingerprint density at radius 2 is 1.74 bits per heavy atom. The molecule has 222 valence electrons. The second kappa shape index (κ2) is 13.5. The fourth-order valence-corrected chi connectivity index (χ4v) is 4.82. The van der Waals surface area contributed by atoms with Crippen LogP contribution in [0.15, 0.2) is 60.8 Å². The SMILES string of the molecule is CCCC(C)(CNC(=O)c1c(CC)nc2c(OCc3c(F)cccc3F)cc(C)cn12)NC(=O)OCc1ccccc1. The van der Waals surface area contributed by atoms with E-state index in [4.69, 9.17) is 9.47 Å². The van der Waals surface area contributed by atoms with Crippen molar-refractivity contribution in [3.63, 3.8) is 0 Å². The number of hydrogen-bond donors (Lipinski definition) is 2. The molecular weight excluding hydrogens is 542 g/mol. The Morgan fingerprint density at radius 3 is 2.40 bits per heavy atom. The highest BCUT2D eigenvalue weighted by molar-refractivity contribution is 5.95. The second-order valence-corrected chi connectivity index (χ2v) is 10.5. The summed E-state index contributed by atoms with van der Waals surface area (Å²) >= 11 is 0. The van der Waals surface area contributed by atoms with E-state index in [1.54, 1.807) is 16.7 Å². The number of nitrogens with zero attached hydrogens (tertiary/aromatic N) is 2. The van der Waals surface area contributed by atoms with Crippen LogP contribution in [0.5, 0.6) is 5.75 Å². The Kier molecular flexibility index (Phi) is 9.77. The maximum Gasteiger partial charge on any atom is 0.407 e. The molecule has 4 rings (SSSR count). The second-order valence-electron chi connectivity index (χ2n) is 10.5. The number of aromatic nitrogens is 2. The van der Waals surface area contributed by atoms with E-state index < -0.39 is 23.3 Å². The van der Waals surface area contributed by atoms with Gasteiger partial charge in [0, 0.05) is 12.7 Å². The molecule has 8 nitrogen and oxygen atoms in total. The van der Waals surface area contributed by atoms with Crippen LogP contribution in [0.2, 0.25) is 0 Å². The van der Waals surface area contributed by atoms with E-state index >= 15 is 0 Å². The molecule has 4 aromatic rings. The average molecular weight is 579 g/mol. The molecule has 1 unspecified atom stereocenters. The predicted molar refractivity (Wildman–Crippen MR) is 155 cm³/mol. The summed E-state index contributed by atoms with van der Waals surface area (Å²) < 4.78 is 41.2. The maximum atomic E-state index is 14.2. The molecule has 0 aliphatic carbocycles. The first kappa shape index (κ1) is 30.5. The van der Waals surface area contributed by atoms with E-state index in [2.05, 4.69) is 15.6 Å². The third-order valence-electron chi connectivity index (χ3n) is 6.94. The van der Waals surface area contributed by atoms with Crippen molar-refractivity contribution in [2.75, 3.05) is 6.54 Å². The number of nitrogens with one attached hydrogen (secondary N) is 2. The van der Waals surface area contributed by atoms with Crippen LogP contribution in [0.1, 0.15) is 66.5 Å². The van der Waals surface area contributed by atoms with Crippen LogP contribution in [0.4, 0.5) is 13.6 Å². The van der Waals surface area contributed by atoms with Crippen LogP contribution in [0, 0.1) is 18.6 Å². The lowest BCUT2D eigenvalue weighted by Gasteiger charge is -2.30. The van der Waals surface area contributed by atoms with E-state index in [1.807, 2.05) is 58.0 Å². The molecule has 2 N–H and O–H groups in total. The number of alkyl carbamates (subject to hydrolysis) is 1. The van der Waals surface area contributed by atoms with E-state index in [9.17, 15) is 18.4 Å². The van der Waals surface area contributed by atoms with Crippen LogP contribution in [0.25, 0.3) is 5.65 Å². The number of carbonyl (C=O) groups is 2. The molecule has 2 aromatic carbocycles. The zero-order chi connectivity index (χ0) is 30.3. The van der Waals surface area contributed by atoms with Gasteiger partial charge < -0.3 is 20.1 Å². The highest BCUT2D eigenvalue weighted by atomic mass is 19.1. The molecule has 0 fully saturated rings. The number of aryl methyl sites for hydroxylation is 2. The first-order chi connectivity index (χ1) is 20.1. The summed E-state index contributed by atoms with van der Waals surface area (Å²) in [5, 5.41) is 5.87. The van der Waals surface area contributed by atoms with Crippen molar-refractivity contribution < 1.29 is 27.8 Å². The van der Waals surface area contributed by atoms with Crippen molar-refractivity contribution in [1.29, 1.82) is 0 Å². The summed E-state index contributed by atoms with van der Waals surface area (Å²) in [6.07, 6.45) is 3.02. The minimum Gasteiger partial charge on any atom is -0.485 e. The molecule has 2 heterocycles. The first-order valence-corrected chi connectivity index (χ1v) is 14.0. The Labute approximate surface area is 244 Å². The summed E-state index contributed by atoms with van der Waals surface area (Å²) in [5.74, 6) is -1.49. The minimum atomic E-state index is -0.765. The van der Waals surface area contributed by atoms with Gasteiger partial charge in [0.25, 0.3) is 5.91 Å². The molecule has 0 spiro atoms. The van der Waals surface area contributed by atoms with Gasteiger partial charge >= 0.3 is 6.09 Å². The highest BCUT2D eigenvalue weighted by Gasteiger charge is 2.29. The van der Waals surface area contributed by atoms with Gasteiger partial charge in [0.2, 0.25) is 0 Å². The summed E-state index contributed by atoms with van der Waals surface area (Å²) in [6.45, 7) is 7.50. The van der Waals surface area contributed by atoms with Crippen LogP contribution in [-0.4, -0.2) is 33.5 Å². The number of rotatable bonds is 12. The van der Waals surface area contributed by atoms with Crippen molar-refractivity contribution in [1.82, 2.24) is 20.0 Å². The summed E-state index contributed by atoms with van der Waals surface area (Å²) in [4.78, 5) is 30.8. The lowest BCUT2D eigenvalue weighted by Crippen LogP contribution is -2.53. The maximum absolute atomic E-state index is 14.2. The van der Waals surface area contributed by atoms with Crippen LogP contribution in [-0.2, 0) is 24.4 Å². The Bertz CT molecular complexity index is 1540. The zero-order valence-corrected chi connectivity index (χ0v) is 24.3. The number of carbonyl (C=O) groups excluding carboxylic acids is 2. The lowest BCUT2D eigenvalue weighted by molar-refractivity contribution is 0.0921. The molecule has 0 saturated heterocycles. The summed E-state index contributed by atoms with van der Waals surface area (Å²) in [5.41, 5.74) is 1.89. The summed E-state index contributed by atoms with van der Waals surface area (Å²) in [6, 6.07) is 14.7. The van der Waals surface area contributed by atoms with Gasteiger partial charge in [-0.2, -0.15) is 0 Å². The zero-order valence-electron chi connectivity index (χ0n) is 24.3. The smallest absolute Gasteiger partial charge is 0.407 e. The normalized spacial score (nSPS) is 12.5. The van der Waals surface area contributed by atoms with Crippen LogP contribution in [0.3, 0.4) is 0 Å². The quantitative estimate of drug-likeness (QED) is 0.207. The molecular formula is C32H36F2N4O4. The third kappa shape index (κ3) is 7.23. The molecule has 0 radical (unpaired) electrons. The number of imidazole rings is 1. The lowest BCUT2D eigenvalue weighted by atomic mass is 9.96. The van der Waals surface area contributed by atoms with Gasteiger partial charge in [0.15, 0.2) is 11.4 Å². The predicted octanol–water partition coefficient (Wildman–Crippen LogP) is 6.28. The molecule has 0 saturated carbocycles. The number of halogens is 2. The fraction of sp³-hybridized carbons (Fsp3) is 0.344. The van der Waals surface area contributed by atoms with Gasteiger partial charge in [0.1, 0.15) is 30.5 Å². The molecule has 10 heteroatoms. The van der Waals surface area contributed by atoms with E-state index in [0.717, 1.165) is 17.5 Å². The number of ether oxygens (including phenoxy) is 2. The molecule has 2 amide bonds. The van der Waals surface area contributed by atoms with Gasteiger partial charge in [-0.1, -0.05) is 56.7 Å². The van der Waals surface area contributed by atoms with E-state index in [1.165, 1.54) is 18.2 Å². The molecule has 0 aliphatic heterocycles. The monoisotopic (exact) mass is 578 g/mol. The van der Waals surface area contributed by atoms with Crippen LogP contribution < -0.4 is 15.4 Å². The minimum absolute atomic E-state index is 0.135. The molecule has 1 atom stereocenters. The fourth-order valence-electron chi connectivity index (χ4n) is 4.82. The van der Waals surface area contributed by atoms with Crippen molar-refractivity contribution >= 4 is 17.6 Å². The van der Waals surface area contributed by atoms with Gasteiger partial charge in [-0.05, 0) is 56.0 Å². The number of pyridine rings is 1. The average Bonchev–Trinajstić information content (AvgIpc) is 3.34. The van der Waals surface area contributed by atoms with E-state index in [-0.39, 0.29) is 31.2 Å². The standard InChI is InChI=1S/C32H36F2N4O4/c1-5-15-32(4,37-31(40)42-18-22-11-8-7-9-12-22)20-35-30(39)28-26(6-2)36-29-27(16-21(3)17-38(28)29)41-19-23-24(33)13-10-14-25(23)34/h7-14,16-17H,5-6,15,18-20H2,1-4H3,(H,35,39)(H,37,40). The molecule has 2 aromatic heterocycles.